The molecule has 3 atom stereocenters. The summed E-state index contributed by atoms with van der Waals surface area (Å²) in [6.07, 6.45) is 58.8. The zero-order valence-corrected chi connectivity index (χ0v) is 37.5. The van der Waals surface area contributed by atoms with Crippen LogP contribution in [0.3, 0.4) is 0 Å². The van der Waals surface area contributed by atoms with Gasteiger partial charge in [-0.05, 0) is 44.9 Å². The Bertz CT molecular complexity index is 870. The Morgan fingerprint density at radius 3 is 1.14 bits per heavy atom. The van der Waals surface area contributed by atoms with Crippen molar-refractivity contribution in [3.05, 3.63) is 36.5 Å². The van der Waals surface area contributed by atoms with Crippen molar-refractivity contribution < 1.29 is 20.1 Å². The summed E-state index contributed by atoms with van der Waals surface area (Å²) in [7, 11) is 0. The zero-order chi connectivity index (χ0) is 40.8. The second-order valence-corrected chi connectivity index (χ2v) is 17.1. The van der Waals surface area contributed by atoms with Gasteiger partial charge in [0.25, 0.3) is 0 Å². The van der Waals surface area contributed by atoms with E-state index in [0.29, 0.717) is 6.42 Å². The average Bonchev–Trinajstić information content (AvgIpc) is 3.19. The minimum Gasteiger partial charge on any atom is -0.394 e. The summed E-state index contributed by atoms with van der Waals surface area (Å²) in [5.74, 6) is -0.326. The maximum atomic E-state index is 12.5. The fourth-order valence-electron chi connectivity index (χ4n) is 7.61. The summed E-state index contributed by atoms with van der Waals surface area (Å²) >= 11 is 0. The van der Waals surface area contributed by atoms with Crippen LogP contribution in [0.15, 0.2) is 36.5 Å². The molecule has 56 heavy (non-hydrogen) atoms. The molecular weight excluding hydrogens is 691 g/mol. The van der Waals surface area contributed by atoms with Crippen molar-refractivity contribution in [2.45, 2.75) is 276 Å². The molecule has 0 spiro atoms. The van der Waals surface area contributed by atoms with Crippen LogP contribution in [0, 0.1) is 0 Å². The monoisotopic (exact) mass is 788 g/mol. The first-order valence-corrected chi connectivity index (χ1v) is 24.8. The molecule has 0 fully saturated rings. The van der Waals surface area contributed by atoms with Gasteiger partial charge in [0.1, 0.15) is 0 Å². The van der Waals surface area contributed by atoms with E-state index < -0.39 is 18.2 Å². The van der Waals surface area contributed by atoms with Gasteiger partial charge in [-0.2, -0.15) is 0 Å². The molecule has 0 heterocycles. The molecule has 5 heteroatoms. The maximum Gasteiger partial charge on any atom is 0.222 e. The third kappa shape index (κ3) is 42.2. The quantitative estimate of drug-likeness (QED) is 0.0365. The molecule has 0 radical (unpaired) electrons. The van der Waals surface area contributed by atoms with E-state index in [-0.39, 0.29) is 18.9 Å². The fourth-order valence-corrected chi connectivity index (χ4v) is 7.61. The van der Waals surface area contributed by atoms with Crippen LogP contribution in [0.4, 0.5) is 0 Å². The van der Waals surface area contributed by atoms with Crippen molar-refractivity contribution in [2.75, 3.05) is 6.61 Å². The first kappa shape index (κ1) is 54.6. The van der Waals surface area contributed by atoms with Crippen LogP contribution < -0.4 is 5.32 Å². The van der Waals surface area contributed by atoms with Crippen molar-refractivity contribution in [2.24, 2.45) is 0 Å². The molecule has 0 aromatic rings. The first-order chi connectivity index (χ1) is 27.5. The van der Waals surface area contributed by atoms with Gasteiger partial charge < -0.3 is 20.6 Å². The lowest BCUT2D eigenvalue weighted by atomic mass is 10.0. The summed E-state index contributed by atoms with van der Waals surface area (Å²) in [4.78, 5) is 12.5. The molecule has 0 saturated carbocycles. The minimum atomic E-state index is -0.958. The maximum absolute atomic E-state index is 12.5. The van der Waals surface area contributed by atoms with Crippen LogP contribution in [-0.4, -0.2) is 46.1 Å². The lowest BCUT2D eigenvalue weighted by molar-refractivity contribution is -0.124. The zero-order valence-electron chi connectivity index (χ0n) is 37.5. The Kier molecular flexibility index (Phi) is 45.1. The summed E-state index contributed by atoms with van der Waals surface area (Å²) in [6, 6.07) is -0.765. The predicted molar refractivity (Wildman–Crippen MR) is 245 cm³/mol. The van der Waals surface area contributed by atoms with Crippen LogP contribution in [0.1, 0.15) is 258 Å². The van der Waals surface area contributed by atoms with Gasteiger partial charge in [0, 0.05) is 0 Å². The topological polar surface area (TPSA) is 89.8 Å². The lowest BCUT2D eigenvalue weighted by Gasteiger charge is -2.21. The number of nitrogens with one attached hydrogen (secondary N) is 1. The largest absolute Gasteiger partial charge is 0.394 e. The molecule has 3 unspecified atom stereocenters. The Morgan fingerprint density at radius 2 is 0.768 bits per heavy atom. The number of carbonyl (C=O) groups excluding carboxylic acids is 1. The number of hydrogen-bond acceptors (Lipinski definition) is 4. The van der Waals surface area contributed by atoms with Crippen LogP contribution in [0.25, 0.3) is 0 Å². The van der Waals surface area contributed by atoms with Crippen molar-refractivity contribution in [1.29, 1.82) is 0 Å². The third-order valence-corrected chi connectivity index (χ3v) is 11.4. The number of hydrogen-bond donors (Lipinski definition) is 4. The van der Waals surface area contributed by atoms with Crippen molar-refractivity contribution >= 4 is 5.91 Å². The molecule has 4 N–H and O–H groups in total. The highest BCUT2D eigenvalue weighted by atomic mass is 16.3. The molecule has 1 amide bonds. The number of carbonyl (C=O) groups is 1. The van der Waals surface area contributed by atoms with Crippen LogP contribution >= 0.6 is 0 Å². The minimum absolute atomic E-state index is 0.00536. The van der Waals surface area contributed by atoms with Crippen LogP contribution in [0.5, 0.6) is 0 Å². The SMILES string of the molecule is CCCCCCCCC/C=C/CC/C=C/CC/C=C/C(O)C(CO)NC(=O)CC(O)CCCCCCCCCCCCCCCCCCCCCCCCCC. The van der Waals surface area contributed by atoms with Gasteiger partial charge in [-0.3, -0.25) is 4.79 Å². The number of unbranched alkanes of at least 4 members (excludes halogenated alkanes) is 32. The van der Waals surface area contributed by atoms with E-state index in [2.05, 4.69) is 43.5 Å². The highest BCUT2D eigenvalue weighted by Gasteiger charge is 2.20. The highest BCUT2D eigenvalue weighted by Crippen LogP contribution is 2.17. The van der Waals surface area contributed by atoms with Gasteiger partial charge in [-0.25, -0.2) is 0 Å². The lowest BCUT2D eigenvalue weighted by Crippen LogP contribution is -2.45. The van der Waals surface area contributed by atoms with Gasteiger partial charge in [-0.1, -0.05) is 243 Å². The molecule has 0 rings (SSSR count). The van der Waals surface area contributed by atoms with Gasteiger partial charge in [0.2, 0.25) is 5.91 Å². The normalized spacial score (nSPS) is 13.7. The second-order valence-electron chi connectivity index (χ2n) is 17.1. The molecular formula is C51H97NO4. The van der Waals surface area contributed by atoms with Gasteiger partial charge in [-0.15, -0.1) is 0 Å². The number of allylic oxidation sites excluding steroid dienone is 5. The van der Waals surface area contributed by atoms with Gasteiger partial charge in [0.15, 0.2) is 0 Å². The van der Waals surface area contributed by atoms with E-state index in [1.165, 1.54) is 193 Å². The average molecular weight is 788 g/mol. The molecule has 0 aromatic heterocycles. The Labute approximate surface area is 349 Å². The molecule has 0 aliphatic heterocycles. The smallest absolute Gasteiger partial charge is 0.222 e. The number of rotatable bonds is 45. The summed E-state index contributed by atoms with van der Waals surface area (Å²) in [6.45, 7) is 4.21. The second kappa shape index (κ2) is 46.3. The third-order valence-electron chi connectivity index (χ3n) is 11.4. The molecule has 0 saturated heterocycles. The van der Waals surface area contributed by atoms with Gasteiger partial charge >= 0.3 is 0 Å². The number of aliphatic hydroxyl groups excluding tert-OH is 3. The Balaban J connectivity index is 3.63. The van der Waals surface area contributed by atoms with E-state index in [1.54, 1.807) is 6.08 Å². The van der Waals surface area contributed by atoms with E-state index in [9.17, 15) is 20.1 Å². The van der Waals surface area contributed by atoms with E-state index in [0.717, 1.165) is 38.5 Å². The van der Waals surface area contributed by atoms with Crippen molar-refractivity contribution in [3.8, 4) is 0 Å². The highest BCUT2D eigenvalue weighted by molar-refractivity contribution is 5.76. The fraction of sp³-hybridized carbons (Fsp3) is 0.863. The number of aliphatic hydroxyl groups is 3. The molecule has 0 aliphatic carbocycles. The molecule has 0 aromatic carbocycles. The summed E-state index contributed by atoms with van der Waals surface area (Å²) < 4.78 is 0. The van der Waals surface area contributed by atoms with Gasteiger partial charge in [0.05, 0.1) is 31.3 Å². The standard InChI is InChI=1S/C51H97NO4/c1-3-5-7-9-11-13-15-17-19-21-22-23-24-25-26-27-29-30-32-34-36-38-40-42-44-48(54)46-51(56)52-49(47-53)50(55)45-43-41-39-37-35-33-31-28-20-18-16-14-12-10-8-6-4-2/h20,28,35,37,43,45,48-50,53-55H,3-19,21-27,29-34,36,38-42,44,46-47H2,1-2H3,(H,52,56)/b28-20+,37-35+,45-43+. The van der Waals surface area contributed by atoms with E-state index in [1.807, 2.05) is 6.08 Å². The molecule has 330 valence electrons. The predicted octanol–water partition coefficient (Wildman–Crippen LogP) is 14.7. The first-order valence-electron chi connectivity index (χ1n) is 24.8. The van der Waals surface area contributed by atoms with Crippen molar-refractivity contribution in [3.63, 3.8) is 0 Å². The summed E-state index contributed by atoms with van der Waals surface area (Å²) in [5, 5.41) is 33.3. The van der Waals surface area contributed by atoms with E-state index >= 15 is 0 Å². The van der Waals surface area contributed by atoms with Crippen molar-refractivity contribution in [1.82, 2.24) is 5.32 Å². The Morgan fingerprint density at radius 1 is 0.446 bits per heavy atom. The number of amides is 1. The Hall–Kier alpha value is -1.43. The van der Waals surface area contributed by atoms with Crippen LogP contribution in [-0.2, 0) is 4.79 Å². The molecule has 0 bridgehead atoms. The molecule has 5 nitrogen and oxygen atoms in total. The van der Waals surface area contributed by atoms with E-state index in [4.69, 9.17) is 0 Å². The van der Waals surface area contributed by atoms with Crippen LogP contribution in [0.2, 0.25) is 0 Å². The molecule has 0 aliphatic rings. The summed E-state index contributed by atoms with van der Waals surface area (Å²) in [5.41, 5.74) is 0.